The summed E-state index contributed by atoms with van der Waals surface area (Å²) in [6.07, 6.45) is -0.445. The number of aliphatic hydroxyl groups excluding tert-OH is 1. The number of nitrogens with zero attached hydrogens (tertiary/aromatic N) is 2. The fourth-order valence-corrected chi connectivity index (χ4v) is 3.63. The van der Waals surface area contributed by atoms with Crippen molar-refractivity contribution in [2.75, 3.05) is 18.6 Å². The molecular formula is C18H16N2O5. The largest absolute Gasteiger partial charge is 0.465 e. The molecule has 2 aliphatic heterocycles. The summed E-state index contributed by atoms with van der Waals surface area (Å²) in [6.45, 7) is 0.352. The highest BCUT2D eigenvalue weighted by Gasteiger charge is 2.52. The molecule has 128 valence electrons. The molecule has 0 bridgehead atoms. The number of benzene rings is 2. The van der Waals surface area contributed by atoms with E-state index >= 15 is 0 Å². The second-order valence-electron chi connectivity index (χ2n) is 6.12. The van der Waals surface area contributed by atoms with E-state index in [-0.39, 0.29) is 0 Å². The van der Waals surface area contributed by atoms with E-state index in [0.29, 0.717) is 35.0 Å². The Hall–Kier alpha value is -2.93. The lowest BCUT2D eigenvalue weighted by Gasteiger charge is -2.18. The highest BCUT2D eigenvalue weighted by molar-refractivity contribution is 6.25. The third-order valence-electron chi connectivity index (χ3n) is 4.82. The third-order valence-corrected chi connectivity index (χ3v) is 4.82. The quantitative estimate of drug-likeness (QED) is 0.662. The normalized spacial score (nSPS) is 22.6. The molecule has 0 aromatic heterocycles. The average molecular weight is 340 g/mol. The molecule has 2 heterocycles. The van der Waals surface area contributed by atoms with Crippen molar-refractivity contribution < 1.29 is 24.2 Å². The van der Waals surface area contributed by atoms with Crippen LogP contribution in [0.4, 0.5) is 10.5 Å². The van der Waals surface area contributed by atoms with Crippen LogP contribution in [0.1, 0.15) is 16.8 Å². The number of amides is 3. The molecule has 3 amide bonds. The maximum atomic E-state index is 12.7. The number of rotatable bonds is 2. The van der Waals surface area contributed by atoms with Crippen molar-refractivity contribution in [1.29, 1.82) is 0 Å². The zero-order chi connectivity index (χ0) is 17.7. The molecule has 2 aliphatic rings. The maximum absolute atomic E-state index is 12.7. The first-order valence-corrected chi connectivity index (χ1v) is 7.97. The van der Waals surface area contributed by atoms with Crippen LogP contribution in [0.15, 0.2) is 36.4 Å². The van der Waals surface area contributed by atoms with Crippen LogP contribution in [-0.4, -0.2) is 53.7 Å². The van der Waals surface area contributed by atoms with Crippen LogP contribution < -0.4 is 4.90 Å². The van der Waals surface area contributed by atoms with Crippen molar-refractivity contribution in [3.05, 3.63) is 42.0 Å². The zero-order valence-electron chi connectivity index (χ0n) is 13.5. The third kappa shape index (κ3) is 2.12. The van der Waals surface area contributed by atoms with Gasteiger partial charge in [0.2, 0.25) is 0 Å². The summed E-state index contributed by atoms with van der Waals surface area (Å²) in [6, 6.07) is 8.88. The highest BCUT2D eigenvalue weighted by atomic mass is 16.5. The zero-order valence-corrected chi connectivity index (χ0v) is 13.5. The van der Waals surface area contributed by atoms with E-state index < -0.39 is 30.1 Å². The number of anilines is 1. The molecule has 7 heteroatoms. The Morgan fingerprint density at radius 2 is 1.88 bits per heavy atom. The molecule has 0 spiro atoms. The Labute approximate surface area is 143 Å². The first kappa shape index (κ1) is 15.6. The van der Waals surface area contributed by atoms with Crippen LogP contribution in [0.2, 0.25) is 0 Å². The van der Waals surface area contributed by atoms with Gasteiger partial charge in [-0.05, 0) is 23.9 Å². The van der Waals surface area contributed by atoms with Gasteiger partial charge >= 0.3 is 12.0 Å². The summed E-state index contributed by atoms with van der Waals surface area (Å²) in [7, 11) is 1.30. The number of methoxy groups -OCH3 is 1. The number of urea groups is 1. The predicted molar refractivity (Wildman–Crippen MR) is 89.3 cm³/mol. The van der Waals surface area contributed by atoms with E-state index in [4.69, 9.17) is 4.74 Å². The predicted octanol–water partition coefficient (Wildman–Crippen LogP) is 1.53. The standard InChI is InChI=1S/C18H16N2O5/c1-25-17(23)12-6-7-13(11-5-3-2-4-10(11)12)20-16(22)15-14(21)8-9-19(15)18(20)24/h2-7,14-15,21H,8-9H2,1H3/t14-,15+/m0/s1. The van der Waals surface area contributed by atoms with Gasteiger partial charge in [0, 0.05) is 11.9 Å². The van der Waals surface area contributed by atoms with Gasteiger partial charge in [0.15, 0.2) is 0 Å². The minimum absolute atomic E-state index is 0.352. The van der Waals surface area contributed by atoms with Gasteiger partial charge < -0.3 is 14.7 Å². The van der Waals surface area contributed by atoms with Crippen molar-refractivity contribution in [1.82, 2.24) is 4.90 Å². The monoisotopic (exact) mass is 340 g/mol. The molecule has 2 aromatic carbocycles. The molecular weight excluding hydrogens is 324 g/mol. The Bertz CT molecular complexity index is 909. The van der Waals surface area contributed by atoms with E-state index in [1.165, 1.54) is 12.0 Å². The van der Waals surface area contributed by atoms with Crippen molar-refractivity contribution in [2.24, 2.45) is 0 Å². The van der Waals surface area contributed by atoms with E-state index in [9.17, 15) is 19.5 Å². The summed E-state index contributed by atoms with van der Waals surface area (Å²) in [5.74, 6) is -0.927. The molecule has 25 heavy (non-hydrogen) atoms. The van der Waals surface area contributed by atoms with Crippen LogP contribution in [0.25, 0.3) is 10.8 Å². The van der Waals surface area contributed by atoms with E-state index in [2.05, 4.69) is 0 Å². The topological polar surface area (TPSA) is 87.2 Å². The molecule has 2 atom stereocenters. The number of aliphatic hydroxyl groups is 1. The number of ether oxygens (including phenoxy) is 1. The van der Waals surface area contributed by atoms with Crippen LogP contribution in [0.3, 0.4) is 0 Å². The number of imide groups is 1. The van der Waals surface area contributed by atoms with Crippen LogP contribution in [0.5, 0.6) is 0 Å². The Morgan fingerprint density at radius 3 is 2.56 bits per heavy atom. The summed E-state index contributed by atoms with van der Waals surface area (Å²) in [5.41, 5.74) is 0.765. The second-order valence-corrected chi connectivity index (χ2v) is 6.12. The van der Waals surface area contributed by atoms with E-state index in [1.54, 1.807) is 36.4 Å². The Kier molecular flexibility index (Phi) is 3.47. The van der Waals surface area contributed by atoms with Crippen LogP contribution in [-0.2, 0) is 9.53 Å². The summed E-state index contributed by atoms with van der Waals surface area (Å²) in [5, 5.41) is 11.2. The van der Waals surface area contributed by atoms with Crippen molar-refractivity contribution >= 4 is 34.4 Å². The van der Waals surface area contributed by atoms with Crippen molar-refractivity contribution in [2.45, 2.75) is 18.6 Å². The molecule has 2 aromatic rings. The van der Waals surface area contributed by atoms with Gasteiger partial charge in [-0.1, -0.05) is 24.3 Å². The number of carbonyl (C=O) groups is 3. The minimum atomic E-state index is -0.845. The second kappa shape index (κ2) is 5.56. The van der Waals surface area contributed by atoms with Gasteiger partial charge in [0.1, 0.15) is 6.04 Å². The summed E-state index contributed by atoms with van der Waals surface area (Å²) in [4.78, 5) is 39.9. The molecule has 2 fully saturated rings. The summed E-state index contributed by atoms with van der Waals surface area (Å²) < 4.78 is 4.80. The highest BCUT2D eigenvalue weighted by Crippen LogP contribution is 2.36. The van der Waals surface area contributed by atoms with Crippen LogP contribution in [0, 0.1) is 0 Å². The van der Waals surface area contributed by atoms with E-state index in [1.807, 2.05) is 0 Å². The van der Waals surface area contributed by atoms with Crippen LogP contribution >= 0.6 is 0 Å². The first-order valence-electron chi connectivity index (χ1n) is 7.97. The van der Waals surface area contributed by atoms with Crippen molar-refractivity contribution in [3.63, 3.8) is 0 Å². The average Bonchev–Trinajstić information content (AvgIpc) is 3.13. The van der Waals surface area contributed by atoms with E-state index in [0.717, 1.165) is 4.90 Å². The van der Waals surface area contributed by atoms with Crippen molar-refractivity contribution in [3.8, 4) is 0 Å². The van der Waals surface area contributed by atoms with Gasteiger partial charge in [0.05, 0.1) is 24.5 Å². The minimum Gasteiger partial charge on any atom is -0.465 e. The number of fused-ring (bicyclic) bond motifs is 2. The number of carbonyl (C=O) groups excluding carboxylic acids is 3. The first-order chi connectivity index (χ1) is 12.0. The molecule has 0 radical (unpaired) electrons. The number of esters is 1. The number of hydrogen-bond acceptors (Lipinski definition) is 5. The SMILES string of the molecule is COC(=O)c1ccc(N2C(=O)[C@H]3[C@@H](O)CCN3C2=O)c2ccccc12. The molecule has 0 unspecified atom stereocenters. The fourth-order valence-electron chi connectivity index (χ4n) is 3.63. The fraction of sp³-hybridized carbons (Fsp3) is 0.278. The smallest absolute Gasteiger partial charge is 0.338 e. The van der Waals surface area contributed by atoms with Gasteiger partial charge in [0.25, 0.3) is 5.91 Å². The number of hydrogen-bond donors (Lipinski definition) is 1. The molecule has 7 nitrogen and oxygen atoms in total. The lowest BCUT2D eigenvalue weighted by Crippen LogP contribution is -2.36. The maximum Gasteiger partial charge on any atom is 0.338 e. The molecule has 1 N–H and O–H groups in total. The summed E-state index contributed by atoms with van der Waals surface area (Å²) >= 11 is 0. The van der Waals surface area contributed by atoms with Gasteiger partial charge in [-0.15, -0.1) is 0 Å². The molecule has 4 rings (SSSR count). The molecule has 2 saturated heterocycles. The van der Waals surface area contributed by atoms with Gasteiger partial charge in [-0.25, -0.2) is 14.5 Å². The van der Waals surface area contributed by atoms with Gasteiger partial charge in [-0.3, -0.25) is 4.79 Å². The molecule has 0 aliphatic carbocycles. The lowest BCUT2D eigenvalue weighted by molar-refractivity contribution is -0.121. The Morgan fingerprint density at radius 1 is 1.16 bits per heavy atom. The van der Waals surface area contributed by atoms with Gasteiger partial charge in [-0.2, -0.15) is 0 Å². The molecule has 0 saturated carbocycles. The Balaban J connectivity index is 1.87. The lowest BCUT2D eigenvalue weighted by atomic mass is 10.0.